The highest BCUT2D eigenvalue weighted by molar-refractivity contribution is 9.08. The molecule has 0 fully saturated rings. The predicted octanol–water partition coefficient (Wildman–Crippen LogP) is 4.87. The Bertz CT molecular complexity index is 1120. The predicted molar refractivity (Wildman–Crippen MR) is 161 cm³/mol. The van der Waals surface area contributed by atoms with Crippen molar-refractivity contribution < 1.29 is 10.0 Å². The third kappa shape index (κ3) is 12.4. The van der Waals surface area contributed by atoms with E-state index >= 15 is 0 Å². The first kappa shape index (κ1) is 30.5. The van der Waals surface area contributed by atoms with Crippen LogP contribution in [0.25, 0.3) is 22.3 Å². The minimum Gasteiger partial charge on any atom is -0.437 e. The monoisotopic (exact) mass is 560 g/mol. The molecule has 0 bridgehead atoms. The van der Waals surface area contributed by atoms with Crippen LogP contribution in [0.15, 0.2) is 109 Å². The van der Waals surface area contributed by atoms with E-state index in [1.807, 2.05) is 24.3 Å². The maximum atomic E-state index is 9.05. The average Bonchev–Trinajstić information content (AvgIpc) is 2.95. The summed E-state index contributed by atoms with van der Waals surface area (Å²) in [4.78, 5) is 0. The van der Waals surface area contributed by atoms with Crippen LogP contribution in [-0.2, 0) is 11.9 Å². The van der Waals surface area contributed by atoms with E-state index in [0.29, 0.717) is 6.54 Å². The molecule has 9 heteroatoms. The van der Waals surface area contributed by atoms with Gasteiger partial charge in [-0.15, -0.1) is 0 Å². The summed E-state index contributed by atoms with van der Waals surface area (Å²) < 4.78 is 0. The molecule has 0 atom stereocenters. The van der Waals surface area contributed by atoms with Crippen LogP contribution in [0.3, 0.4) is 0 Å². The fourth-order valence-corrected chi connectivity index (χ4v) is 3.54. The van der Waals surface area contributed by atoms with Crippen LogP contribution in [0.5, 0.6) is 0 Å². The molecular formula is C28H35B2BrN4O2. The minimum atomic E-state index is -0.588. The molecule has 0 radical (unpaired) electrons. The van der Waals surface area contributed by atoms with E-state index < -0.39 is 14.1 Å². The number of nitrogens with one attached hydrogen (secondary N) is 3. The highest BCUT2D eigenvalue weighted by atomic mass is 79.9. The van der Waals surface area contributed by atoms with Crippen molar-refractivity contribution in [1.82, 2.24) is 16.1 Å². The molecule has 0 aliphatic carbocycles. The Balaban J connectivity index is 0.000000225. The van der Waals surface area contributed by atoms with Crippen LogP contribution in [-0.4, -0.2) is 24.1 Å². The topological polar surface area (TPSA) is 103 Å². The van der Waals surface area contributed by atoms with E-state index in [0.717, 1.165) is 5.33 Å². The third-order valence-corrected chi connectivity index (χ3v) is 5.77. The van der Waals surface area contributed by atoms with Crippen LogP contribution in [0.2, 0.25) is 13.6 Å². The SMILES string of the molecule is BrCc1ccc(-c2ccccc2)cc1.CB(O)NN.CB(O)NNCc1ccc(-c2ccccc2)cc1. The molecule has 4 aromatic rings. The number of hydrogen-bond acceptors (Lipinski definition) is 6. The Morgan fingerprint density at radius 3 is 1.35 bits per heavy atom. The average molecular weight is 561 g/mol. The Morgan fingerprint density at radius 2 is 1.00 bits per heavy atom. The molecular weight excluding hydrogens is 526 g/mol. The van der Waals surface area contributed by atoms with E-state index in [2.05, 4.69) is 123 Å². The summed E-state index contributed by atoms with van der Waals surface area (Å²) in [6.45, 7) is 3.89. The summed E-state index contributed by atoms with van der Waals surface area (Å²) in [5.74, 6) is 4.67. The lowest BCUT2D eigenvalue weighted by molar-refractivity contribution is 0.520. The molecule has 4 aromatic carbocycles. The molecule has 0 aliphatic rings. The summed E-state index contributed by atoms with van der Waals surface area (Å²) in [5, 5.41) is 22.9. The number of hydrogen-bond donors (Lipinski definition) is 6. The van der Waals surface area contributed by atoms with Crippen molar-refractivity contribution in [3.8, 4) is 22.3 Å². The fourth-order valence-electron chi connectivity index (χ4n) is 3.16. The number of nitrogens with two attached hydrogens (primary N) is 1. The van der Waals surface area contributed by atoms with Gasteiger partial charge in [0.15, 0.2) is 0 Å². The zero-order chi connectivity index (χ0) is 26.9. The van der Waals surface area contributed by atoms with Gasteiger partial charge < -0.3 is 10.0 Å². The van der Waals surface area contributed by atoms with Gasteiger partial charge in [-0.2, -0.15) is 0 Å². The lowest BCUT2D eigenvalue weighted by Gasteiger charge is -2.08. The van der Waals surface area contributed by atoms with E-state index in [1.165, 1.54) is 33.4 Å². The van der Waals surface area contributed by atoms with E-state index in [4.69, 9.17) is 10.0 Å². The highest BCUT2D eigenvalue weighted by Gasteiger charge is 2.01. The third-order valence-electron chi connectivity index (χ3n) is 5.12. The van der Waals surface area contributed by atoms with Crippen LogP contribution < -0.4 is 21.9 Å². The second-order valence-electron chi connectivity index (χ2n) is 8.28. The maximum Gasteiger partial charge on any atom is 0.387 e. The number of hydrazine groups is 2. The molecule has 6 nitrogen and oxygen atoms in total. The fraction of sp³-hybridized carbons (Fsp3) is 0.143. The highest BCUT2D eigenvalue weighted by Crippen LogP contribution is 2.20. The summed E-state index contributed by atoms with van der Waals surface area (Å²) >= 11 is 3.44. The lowest BCUT2D eigenvalue weighted by atomic mass is 9.91. The van der Waals surface area contributed by atoms with E-state index in [9.17, 15) is 0 Å². The number of alkyl halides is 1. The molecule has 192 valence electrons. The minimum absolute atomic E-state index is 0.548. The van der Waals surface area contributed by atoms with Crippen molar-refractivity contribution in [2.24, 2.45) is 5.84 Å². The van der Waals surface area contributed by atoms with Gasteiger partial charge in [-0.05, 0) is 47.0 Å². The summed E-state index contributed by atoms with van der Waals surface area (Å²) in [6, 6.07) is 37.7. The van der Waals surface area contributed by atoms with Gasteiger partial charge in [-0.1, -0.05) is 125 Å². The van der Waals surface area contributed by atoms with E-state index in [1.54, 1.807) is 13.6 Å². The molecule has 0 saturated carbocycles. The molecule has 0 spiro atoms. The molecule has 0 unspecified atom stereocenters. The van der Waals surface area contributed by atoms with E-state index in [-0.39, 0.29) is 0 Å². The molecule has 0 heterocycles. The van der Waals surface area contributed by atoms with Crippen LogP contribution >= 0.6 is 15.9 Å². The number of benzene rings is 4. The molecule has 0 amide bonds. The second-order valence-corrected chi connectivity index (χ2v) is 8.84. The summed E-state index contributed by atoms with van der Waals surface area (Å²) in [6.07, 6.45) is 0. The quantitative estimate of drug-likeness (QED) is 0.0796. The zero-order valence-corrected chi connectivity index (χ0v) is 22.9. The van der Waals surface area contributed by atoms with Crippen molar-refractivity contribution in [2.75, 3.05) is 0 Å². The van der Waals surface area contributed by atoms with Crippen molar-refractivity contribution in [3.63, 3.8) is 0 Å². The Hall–Kier alpha value is -2.75. The Labute approximate surface area is 229 Å². The van der Waals surface area contributed by atoms with Gasteiger partial charge in [0, 0.05) is 11.9 Å². The van der Waals surface area contributed by atoms with Gasteiger partial charge in [-0.3, -0.25) is 21.9 Å². The first-order chi connectivity index (χ1) is 17.9. The van der Waals surface area contributed by atoms with Gasteiger partial charge in [0.25, 0.3) is 0 Å². The van der Waals surface area contributed by atoms with Crippen molar-refractivity contribution in [3.05, 3.63) is 120 Å². The first-order valence-electron chi connectivity index (χ1n) is 12.1. The first-order valence-corrected chi connectivity index (χ1v) is 13.2. The molecule has 4 rings (SSSR count). The normalized spacial score (nSPS) is 9.89. The zero-order valence-electron chi connectivity index (χ0n) is 21.3. The van der Waals surface area contributed by atoms with Crippen molar-refractivity contribution >= 4 is 30.0 Å². The number of rotatable bonds is 8. The van der Waals surface area contributed by atoms with Gasteiger partial charge in [0.2, 0.25) is 0 Å². The van der Waals surface area contributed by atoms with Crippen LogP contribution in [0.1, 0.15) is 11.1 Å². The van der Waals surface area contributed by atoms with Crippen LogP contribution in [0.4, 0.5) is 0 Å². The molecule has 0 saturated heterocycles. The van der Waals surface area contributed by atoms with Gasteiger partial charge in [0.1, 0.15) is 0 Å². The van der Waals surface area contributed by atoms with Gasteiger partial charge in [-0.25, -0.2) is 0 Å². The largest absolute Gasteiger partial charge is 0.437 e. The van der Waals surface area contributed by atoms with Gasteiger partial charge >= 0.3 is 14.1 Å². The number of halogens is 1. The molecule has 0 aromatic heterocycles. The molecule has 0 aliphatic heterocycles. The standard InChI is InChI=1S/C14H17BN2O.C13H11Br.CH7BN2O/c1-15(18)17-16-11-12-7-9-14(10-8-12)13-5-3-2-4-6-13;14-10-11-6-8-13(9-7-11)12-4-2-1-3-5-12;1-2(5)4-3/h2-10,16-18H,11H2,1H3;1-9H,10H2;4-5H,3H2,1H3. The van der Waals surface area contributed by atoms with Gasteiger partial charge in [0.05, 0.1) is 0 Å². The Morgan fingerprint density at radius 1 is 0.622 bits per heavy atom. The Kier molecular flexibility index (Phi) is 14.5. The van der Waals surface area contributed by atoms with Crippen molar-refractivity contribution in [2.45, 2.75) is 25.5 Å². The summed E-state index contributed by atoms with van der Waals surface area (Å²) in [7, 11) is -1.14. The van der Waals surface area contributed by atoms with Crippen molar-refractivity contribution in [1.29, 1.82) is 0 Å². The van der Waals surface area contributed by atoms with Crippen LogP contribution in [0, 0.1) is 0 Å². The summed E-state index contributed by atoms with van der Waals surface area (Å²) in [5.41, 5.74) is 10.4. The smallest absolute Gasteiger partial charge is 0.387 e. The molecule has 37 heavy (non-hydrogen) atoms. The maximum absolute atomic E-state index is 9.05. The molecule has 7 N–H and O–H groups in total. The lowest BCUT2D eigenvalue weighted by Crippen LogP contribution is -2.41. The second kappa shape index (κ2) is 17.7.